The maximum Gasteiger partial charge on any atom is 0.122 e. The van der Waals surface area contributed by atoms with Crippen molar-refractivity contribution in [1.29, 1.82) is 0 Å². The molecule has 0 bridgehead atoms. The third kappa shape index (κ3) is 4.93. The van der Waals surface area contributed by atoms with E-state index in [0.29, 0.717) is 12.3 Å². The van der Waals surface area contributed by atoms with Gasteiger partial charge in [0.25, 0.3) is 0 Å². The summed E-state index contributed by atoms with van der Waals surface area (Å²) >= 11 is 0. The van der Waals surface area contributed by atoms with E-state index in [1.165, 1.54) is 48.8 Å². The van der Waals surface area contributed by atoms with E-state index < -0.39 is 5.54 Å². The van der Waals surface area contributed by atoms with Crippen molar-refractivity contribution in [3.8, 4) is 16.9 Å². The van der Waals surface area contributed by atoms with Gasteiger partial charge in [0.15, 0.2) is 0 Å². The Morgan fingerprint density at radius 1 is 0.964 bits per heavy atom. The Hall–Kier alpha value is -1.88. The van der Waals surface area contributed by atoms with E-state index in [-0.39, 0.29) is 13.2 Å². The first-order valence-electron chi connectivity index (χ1n) is 10.4. The highest BCUT2D eigenvalue weighted by atomic mass is 16.5. The molecule has 0 heterocycles. The fourth-order valence-electron chi connectivity index (χ4n) is 4.11. The zero-order chi connectivity index (χ0) is 20.0. The molecule has 0 unspecified atom stereocenters. The van der Waals surface area contributed by atoms with Crippen molar-refractivity contribution in [2.24, 2.45) is 5.73 Å². The standard InChI is InChI=1S/C24H33NO3/c1-28-23-12-11-21(15-22(23)20-5-3-2-4-6-20)19-9-7-18(8-10-19)13-14-24(25,16-26)17-27/h7-12,15,20,26-27H,2-6,13-14,16-17,25H2,1H3. The molecule has 0 spiro atoms. The van der Waals surface area contributed by atoms with Gasteiger partial charge < -0.3 is 20.7 Å². The SMILES string of the molecule is COc1ccc(-c2ccc(CCC(N)(CO)CO)cc2)cc1C1CCCCC1. The van der Waals surface area contributed by atoms with Gasteiger partial charge in [-0.3, -0.25) is 0 Å². The Kier molecular flexibility index (Phi) is 7.11. The summed E-state index contributed by atoms with van der Waals surface area (Å²) in [6.07, 6.45) is 7.72. The number of aliphatic hydroxyl groups excluding tert-OH is 2. The highest BCUT2D eigenvalue weighted by Gasteiger charge is 2.22. The maximum atomic E-state index is 9.34. The van der Waals surface area contributed by atoms with Crippen molar-refractivity contribution < 1.29 is 14.9 Å². The minimum Gasteiger partial charge on any atom is -0.496 e. The van der Waals surface area contributed by atoms with E-state index in [1.54, 1.807) is 7.11 Å². The number of hydrogen-bond acceptors (Lipinski definition) is 4. The molecule has 0 radical (unpaired) electrons. The second-order valence-electron chi connectivity index (χ2n) is 8.17. The fraction of sp³-hybridized carbons (Fsp3) is 0.500. The monoisotopic (exact) mass is 383 g/mol. The largest absolute Gasteiger partial charge is 0.496 e. The van der Waals surface area contributed by atoms with E-state index in [1.807, 2.05) is 0 Å². The molecular weight excluding hydrogens is 350 g/mol. The van der Waals surface area contributed by atoms with Gasteiger partial charge in [0.05, 0.1) is 25.9 Å². The van der Waals surface area contributed by atoms with Crippen LogP contribution in [0.4, 0.5) is 0 Å². The minimum absolute atomic E-state index is 0.211. The molecule has 4 N–H and O–H groups in total. The molecule has 0 atom stereocenters. The van der Waals surface area contributed by atoms with Crippen LogP contribution < -0.4 is 10.5 Å². The quantitative estimate of drug-likeness (QED) is 0.643. The van der Waals surface area contributed by atoms with Crippen LogP contribution in [-0.2, 0) is 6.42 Å². The Bertz CT molecular complexity index is 747. The minimum atomic E-state index is -0.913. The molecule has 1 aliphatic rings. The normalized spacial score (nSPS) is 15.6. The van der Waals surface area contributed by atoms with Crippen LogP contribution in [0.2, 0.25) is 0 Å². The summed E-state index contributed by atoms with van der Waals surface area (Å²) in [5, 5.41) is 18.7. The van der Waals surface area contributed by atoms with E-state index >= 15 is 0 Å². The van der Waals surface area contributed by atoms with Crippen LogP contribution in [0.3, 0.4) is 0 Å². The van der Waals surface area contributed by atoms with Gasteiger partial charge in [-0.25, -0.2) is 0 Å². The third-order valence-electron chi connectivity index (χ3n) is 6.10. The van der Waals surface area contributed by atoms with Crippen LogP contribution in [0.15, 0.2) is 42.5 Å². The molecular formula is C24H33NO3. The lowest BCUT2D eigenvalue weighted by Gasteiger charge is -2.24. The number of hydrogen-bond donors (Lipinski definition) is 3. The van der Waals surface area contributed by atoms with Gasteiger partial charge in [-0.05, 0) is 66.0 Å². The van der Waals surface area contributed by atoms with Crippen molar-refractivity contribution in [2.75, 3.05) is 20.3 Å². The fourth-order valence-corrected chi connectivity index (χ4v) is 4.11. The van der Waals surface area contributed by atoms with Crippen LogP contribution in [0.1, 0.15) is 55.6 Å². The predicted octanol–water partition coefficient (Wildman–Crippen LogP) is 4.02. The van der Waals surface area contributed by atoms with Crippen molar-refractivity contribution in [2.45, 2.75) is 56.4 Å². The van der Waals surface area contributed by atoms with Gasteiger partial charge in [-0.15, -0.1) is 0 Å². The van der Waals surface area contributed by atoms with Gasteiger partial charge in [-0.1, -0.05) is 49.6 Å². The highest BCUT2D eigenvalue weighted by molar-refractivity contribution is 5.66. The first-order valence-corrected chi connectivity index (χ1v) is 10.4. The number of aryl methyl sites for hydroxylation is 1. The number of benzene rings is 2. The highest BCUT2D eigenvalue weighted by Crippen LogP contribution is 2.39. The molecule has 1 aliphatic carbocycles. The van der Waals surface area contributed by atoms with E-state index in [9.17, 15) is 10.2 Å². The van der Waals surface area contributed by atoms with Gasteiger partial charge >= 0.3 is 0 Å². The third-order valence-corrected chi connectivity index (χ3v) is 6.10. The second-order valence-corrected chi connectivity index (χ2v) is 8.17. The maximum absolute atomic E-state index is 9.34. The van der Waals surface area contributed by atoms with Gasteiger partial charge in [0.2, 0.25) is 0 Å². The molecule has 0 aromatic heterocycles. The molecule has 4 heteroatoms. The van der Waals surface area contributed by atoms with E-state index in [2.05, 4.69) is 42.5 Å². The Morgan fingerprint density at radius 3 is 2.21 bits per heavy atom. The van der Waals surface area contributed by atoms with Gasteiger partial charge in [0.1, 0.15) is 5.75 Å². The number of aliphatic hydroxyl groups is 2. The van der Waals surface area contributed by atoms with Crippen LogP contribution >= 0.6 is 0 Å². The zero-order valence-electron chi connectivity index (χ0n) is 16.9. The lowest BCUT2D eigenvalue weighted by molar-refractivity contribution is 0.115. The average molecular weight is 384 g/mol. The van der Waals surface area contributed by atoms with Gasteiger partial charge in [0, 0.05) is 0 Å². The predicted molar refractivity (Wildman–Crippen MR) is 114 cm³/mol. The summed E-state index contributed by atoms with van der Waals surface area (Å²) in [5.74, 6) is 1.59. The Morgan fingerprint density at radius 2 is 1.61 bits per heavy atom. The zero-order valence-corrected chi connectivity index (χ0v) is 16.9. The summed E-state index contributed by atoms with van der Waals surface area (Å²) in [6.45, 7) is -0.422. The van der Waals surface area contributed by atoms with E-state index in [0.717, 1.165) is 17.7 Å². The molecule has 3 rings (SSSR count). The van der Waals surface area contributed by atoms with Crippen molar-refractivity contribution >= 4 is 0 Å². The van der Waals surface area contributed by atoms with Crippen molar-refractivity contribution in [1.82, 2.24) is 0 Å². The summed E-state index contributed by atoms with van der Waals surface area (Å²) in [7, 11) is 1.76. The topological polar surface area (TPSA) is 75.7 Å². The molecule has 2 aromatic rings. The van der Waals surface area contributed by atoms with Crippen LogP contribution in [0.25, 0.3) is 11.1 Å². The van der Waals surface area contributed by atoms with Crippen LogP contribution in [-0.4, -0.2) is 36.1 Å². The number of nitrogens with two attached hydrogens (primary N) is 1. The molecule has 4 nitrogen and oxygen atoms in total. The molecule has 2 aromatic carbocycles. The van der Waals surface area contributed by atoms with Crippen molar-refractivity contribution in [3.63, 3.8) is 0 Å². The number of rotatable bonds is 8. The first kappa shape index (κ1) is 20.8. The lowest BCUT2D eigenvalue weighted by Crippen LogP contribution is -2.47. The summed E-state index contributed by atoms with van der Waals surface area (Å²) < 4.78 is 5.64. The Balaban J connectivity index is 1.76. The summed E-state index contributed by atoms with van der Waals surface area (Å²) in [6, 6.07) is 15.0. The molecule has 0 aliphatic heterocycles. The van der Waals surface area contributed by atoms with Crippen molar-refractivity contribution in [3.05, 3.63) is 53.6 Å². The number of ether oxygens (including phenoxy) is 1. The van der Waals surface area contributed by atoms with Crippen LogP contribution in [0.5, 0.6) is 5.75 Å². The Labute approximate surface area is 168 Å². The van der Waals surface area contributed by atoms with Gasteiger partial charge in [-0.2, -0.15) is 0 Å². The lowest BCUT2D eigenvalue weighted by atomic mass is 9.82. The number of methoxy groups -OCH3 is 1. The first-order chi connectivity index (χ1) is 13.6. The molecule has 1 fully saturated rings. The molecule has 1 saturated carbocycles. The van der Waals surface area contributed by atoms with Crippen LogP contribution in [0, 0.1) is 0 Å². The molecule has 28 heavy (non-hydrogen) atoms. The smallest absolute Gasteiger partial charge is 0.122 e. The summed E-state index contributed by atoms with van der Waals surface area (Å²) in [4.78, 5) is 0. The van der Waals surface area contributed by atoms with E-state index in [4.69, 9.17) is 10.5 Å². The average Bonchev–Trinajstić information content (AvgIpc) is 2.78. The molecule has 0 saturated heterocycles. The molecule has 0 amide bonds. The second kappa shape index (κ2) is 9.55. The summed E-state index contributed by atoms with van der Waals surface area (Å²) in [5.41, 5.74) is 9.95. The molecule has 152 valence electrons.